The number of rotatable bonds is 3. The molecule has 0 bridgehead atoms. The minimum atomic E-state index is -1.48. The summed E-state index contributed by atoms with van der Waals surface area (Å²) in [5.74, 6) is -2.86. The zero-order chi connectivity index (χ0) is 23.7. The van der Waals surface area contributed by atoms with Gasteiger partial charge in [0, 0.05) is 26.6 Å². The van der Waals surface area contributed by atoms with E-state index in [2.05, 4.69) is 37.2 Å². The molecule has 31 heavy (non-hydrogen) atoms. The van der Waals surface area contributed by atoms with E-state index in [0.717, 1.165) is 26.4 Å². The molecule has 0 aliphatic carbocycles. The molecule has 0 aliphatic rings. The SMILES string of the molecule is COC(=O)c1c(F)cc(Br)c(-c2c(C#CC(C)(C)C)cc(F)c(C(=O)OC)c2F)c1F. The van der Waals surface area contributed by atoms with Crippen LogP contribution in [0.15, 0.2) is 16.6 Å². The van der Waals surface area contributed by atoms with Gasteiger partial charge in [0.05, 0.1) is 14.2 Å². The molecule has 2 aromatic carbocycles. The Balaban J connectivity index is 3.06. The van der Waals surface area contributed by atoms with Crippen molar-refractivity contribution in [2.75, 3.05) is 14.2 Å². The third kappa shape index (κ3) is 4.90. The van der Waals surface area contributed by atoms with Crippen LogP contribution in [0, 0.1) is 40.5 Å². The highest BCUT2D eigenvalue weighted by molar-refractivity contribution is 9.10. The number of methoxy groups -OCH3 is 2. The van der Waals surface area contributed by atoms with E-state index in [1.807, 2.05) is 0 Å². The topological polar surface area (TPSA) is 52.6 Å². The summed E-state index contributed by atoms with van der Waals surface area (Å²) in [6.45, 7) is 5.21. The van der Waals surface area contributed by atoms with Crippen molar-refractivity contribution in [3.05, 3.63) is 56.6 Å². The third-order valence-corrected chi connectivity index (χ3v) is 4.61. The van der Waals surface area contributed by atoms with Crippen LogP contribution in [-0.4, -0.2) is 26.2 Å². The molecule has 0 aromatic heterocycles. The maximum Gasteiger partial charge on any atom is 0.343 e. The van der Waals surface area contributed by atoms with Crippen LogP contribution in [0.2, 0.25) is 0 Å². The van der Waals surface area contributed by atoms with Crippen molar-refractivity contribution in [2.24, 2.45) is 5.41 Å². The fourth-order valence-electron chi connectivity index (χ4n) is 2.61. The third-order valence-electron chi connectivity index (χ3n) is 3.99. The summed E-state index contributed by atoms with van der Waals surface area (Å²) in [5, 5.41) is 0. The molecule has 0 spiro atoms. The number of hydrogen-bond donors (Lipinski definition) is 0. The molecule has 0 saturated heterocycles. The fourth-order valence-corrected chi connectivity index (χ4v) is 3.19. The van der Waals surface area contributed by atoms with Crippen LogP contribution >= 0.6 is 15.9 Å². The van der Waals surface area contributed by atoms with E-state index in [4.69, 9.17) is 0 Å². The van der Waals surface area contributed by atoms with E-state index < -0.39 is 62.9 Å². The van der Waals surface area contributed by atoms with E-state index in [1.165, 1.54) is 0 Å². The maximum atomic E-state index is 15.4. The molecule has 0 heterocycles. The molecule has 0 atom stereocenters. The Morgan fingerprint density at radius 2 is 1.32 bits per heavy atom. The molecular weight excluding hydrogens is 484 g/mol. The zero-order valence-electron chi connectivity index (χ0n) is 17.2. The van der Waals surface area contributed by atoms with Crippen molar-refractivity contribution >= 4 is 27.9 Å². The first kappa shape index (κ1) is 24.4. The number of ether oxygens (including phenoxy) is 2. The molecule has 0 unspecified atom stereocenters. The van der Waals surface area contributed by atoms with Crippen molar-refractivity contribution in [1.29, 1.82) is 0 Å². The first-order chi connectivity index (χ1) is 14.3. The van der Waals surface area contributed by atoms with Gasteiger partial charge in [-0.1, -0.05) is 11.8 Å². The number of carbonyl (C=O) groups excluding carboxylic acids is 2. The van der Waals surface area contributed by atoms with Crippen LogP contribution in [-0.2, 0) is 9.47 Å². The molecule has 0 N–H and O–H groups in total. The second-order valence-corrected chi connectivity index (χ2v) is 8.21. The van der Waals surface area contributed by atoms with Gasteiger partial charge in [-0.05, 0) is 48.8 Å². The lowest BCUT2D eigenvalue weighted by molar-refractivity contribution is 0.0579. The molecule has 0 amide bonds. The Bertz CT molecular complexity index is 1140. The fraction of sp³-hybridized carbons (Fsp3) is 0.273. The monoisotopic (exact) mass is 500 g/mol. The molecule has 2 rings (SSSR count). The first-order valence-corrected chi connectivity index (χ1v) is 9.53. The average molecular weight is 501 g/mol. The van der Waals surface area contributed by atoms with Crippen LogP contribution in [0.5, 0.6) is 0 Å². The lowest BCUT2D eigenvalue weighted by atomic mass is 9.92. The molecule has 9 heteroatoms. The van der Waals surface area contributed by atoms with E-state index in [1.54, 1.807) is 20.8 Å². The Kier molecular flexibility index (Phi) is 7.17. The van der Waals surface area contributed by atoms with Crippen LogP contribution in [0.4, 0.5) is 17.6 Å². The van der Waals surface area contributed by atoms with Gasteiger partial charge in [0.25, 0.3) is 0 Å². The quantitative estimate of drug-likeness (QED) is 0.310. The van der Waals surface area contributed by atoms with Gasteiger partial charge in [0.1, 0.15) is 34.4 Å². The van der Waals surface area contributed by atoms with E-state index in [-0.39, 0.29) is 10.0 Å². The molecule has 0 fully saturated rings. The van der Waals surface area contributed by atoms with Gasteiger partial charge in [-0.25, -0.2) is 27.2 Å². The molecule has 0 aliphatic heterocycles. The van der Waals surface area contributed by atoms with Crippen molar-refractivity contribution in [3.8, 4) is 23.0 Å². The predicted octanol–water partition coefficient (Wildman–Crippen LogP) is 5.64. The van der Waals surface area contributed by atoms with Gasteiger partial charge in [-0.3, -0.25) is 0 Å². The summed E-state index contributed by atoms with van der Waals surface area (Å²) < 4.78 is 68.0. The highest BCUT2D eigenvalue weighted by Crippen LogP contribution is 2.39. The summed E-state index contributed by atoms with van der Waals surface area (Å²) in [6.07, 6.45) is 0. The largest absolute Gasteiger partial charge is 0.465 e. The number of hydrogen-bond acceptors (Lipinski definition) is 4. The van der Waals surface area contributed by atoms with Gasteiger partial charge < -0.3 is 9.47 Å². The van der Waals surface area contributed by atoms with Crippen LogP contribution in [0.25, 0.3) is 11.1 Å². The van der Waals surface area contributed by atoms with Gasteiger partial charge in [0.2, 0.25) is 0 Å². The Hall–Kier alpha value is -2.86. The van der Waals surface area contributed by atoms with E-state index in [0.29, 0.717) is 0 Å². The van der Waals surface area contributed by atoms with Crippen LogP contribution < -0.4 is 0 Å². The Morgan fingerprint density at radius 3 is 1.77 bits per heavy atom. The van der Waals surface area contributed by atoms with E-state index in [9.17, 15) is 18.4 Å². The van der Waals surface area contributed by atoms with Gasteiger partial charge >= 0.3 is 11.9 Å². The molecule has 4 nitrogen and oxygen atoms in total. The van der Waals surface area contributed by atoms with Crippen molar-refractivity contribution < 1.29 is 36.6 Å². The summed E-state index contributed by atoms with van der Waals surface area (Å²) in [6, 6.07) is 1.47. The number of halogens is 5. The Morgan fingerprint density at radius 1 is 0.871 bits per heavy atom. The summed E-state index contributed by atoms with van der Waals surface area (Å²) in [7, 11) is 1.83. The van der Waals surface area contributed by atoms with E-state index >= 15 is 8.78 Å². The second kappa shape index (κ2) is 9.10. The highest BCUT2D eigenvalue weighted by atomic mass is 79.9. The standard InChI is InChI=1S/C22H17BrF4O4/c1-22(2,3)7-6-10-8-12(24)16(20(28)30-4)18(26)14(10)15-11(23)9-13(25)17(19(15)27)21(29)31-5/h8-9H,1-5H3. The van der Waals surface area contributed by atoms with Crippen LogP contribution in [0.1, 0.15) is 47.1 Å². The van der Waals surface area contributed by atoms with Gasteiger partial charge in [0.15, 0.2) is 0 Å². The maximum absolute atomic E-state index is 15.4. The highest BCUT2D eigenvalue weighted by Gasteiger charge is 2.31. The van der Waals surface area contributed by atoms with Crippen molar-refractivity contribution in [3.63, 3.8) is 0 Å². The summed E-state index contributed by atoms with van der Waals surface area (Å²) in [5.41, 5.74) is -4.37. The van der Waals surface area contributed by atoms with Crippen molar-refractivity contribution in [1.82, 2.24) is 0 Å². The summed E-state index contributed by atoms with van der Waals surface area (Å²) in [4.78, 5) is 23.8. The minimum absolute atomic E-state index is 0.296. The Labute approximate surface area is 184 Å². The minimum Gasteiger partial charge on any atom is -0.465 e. The smallest absolute Gasteiger partial charge is 0.343 e. The predicted molar refractivity (Wildman–Crippen MR) is 108 cm³/mol. The van der Waals surface area contributed by atoms with Gasteiger partial charge in [-0.15, -0.1) is 0 Å². The molecule has 164 valence electrons. The summed E-state index contributed by atoms with van der Waals surface area (Å²) >= 11 is 2.94. The lowest BCUT2D eigenvalue weighted by Crippen LogP contribution is -2.13. The van der Waals surface area contributed by atoms with Crippen molar-refractivity contribution in [2.45, 2.75) is 20.8 Å². The molecule has 0 radical (unpaired) electrons. The lowest BCUT2D eigenvalue weighted by Gasteiger charge is -2.16. The zero-order valence-corrected chi connectivity index (χ0v) is 18.8. The number of esters is 2. The number of carbonyl (C=O) groups is 2. The second-order valence-electron chi connectivity index (χ2n) is 7.36. The molecular formula is C22H17BrF4O4. The number of benzene rings is 2. The van der Waals surface area contributed by atoms with Gasteiger partial charge in [-0.2, -0.15) is 0 Å². The van der Waals surface area contributed by atoms with Crippen LogP contribution in [0.3, 0.4) is 0 Å². The molecule has 0 saturated carbocycles. The normalized spacial score (nSPS) is 10.9. The average Bonchev–Trinajstić information content (AvgIpc) is 2.66. The molecule has 2 aromatic rings. The first-order valence-electron chi connectivity index (χ1n) is 8.73.